The van der Waals surface area contributed by atoms with Gasteiger partial charge in [0.2, 0.25) is 5.91 Å². The van der Waals surface area contributed by atoms with Gasteiger partial charge in [0.05, 0.1) is 17.5 Å². The number of likely N-dealkylation sites (tertiary alicyclic amines) is 3. The van der Waals surface area contributed by atoms with Crippen molar-refractivity contribution in [2.24, 2.45) is 0 Å². The van der Waals surface area contributed by atoms with Gasteiger partial charge in [-0.25, -0.2) is 0 Å². The average molecular weight is 652 g/mol. The largest absolute Gasteiger partial charge is 0.416 e. The molecule has 0 aliphatic carbocycles. The van der Waals surface area contributed by atoms with Crippen LogP contribution in [-0.2, 0) is 29.0 Å². The number of hydrogen-bond donors (Lipinski definition) is 0. The maximum absolute atomic E-state index is 13.7. The Morgan fingerprint density at radius 2 is 1.41 bits per heavy atom. The Hall–Kier alpha value is -2.59. The van der Waals surface area contributed by atoms with Crippen LogP contribution in [0, 0.1) is 13.8 Å². The number of carbonyl (C=O) groups is 1. The summed E-state index contributed by atoms with van der Waals surface area (Å²) in [4.78, 5) is 20.6. The lowest BCUT2D eigenvalue weighted by Gasteiger charge is -2.42. The number of rotatable bonds is 7. The van der Waals surface area contributed by atoms with E-state index in [9.17, 15) is 31.1 Å². The number of hydrogen-bond acceptors (Lipinski definition) is 3. The van der Waals surface area contributed by atoms with Gasteiger partial charge in [-0.2, -0.15) is 26.3 Å². The van der Waals surface area contributed by atoms with Crippen LogP contribution in [0.15, 0.2) is 36.4 Å². The summed E-state index contributed by atoms with van der Waals surface area (Å²) in [6.07, 6.45) is -0.923. The molecular weight excluding hydrogens is 604 g/mol. The van der Waals surface area contributed by atoms with Crippen molar-refractivity contribution >= 4 is 5.91 Å². The lowest BCUT2D eigenvalue weighted by Crippen LogP contribution is -2.48. The van der Waals surface area contributed by atoms with Gasteiger partial charge in [0, 0.05) is 24.5 Å². The van der Waals surface area contributed by atoms with Crippen LogP contribution in [0.5, 0.6) is 0 Å². The molecule has 254 valence electrons. The number of aryl methyl sites for hydroxylation is 2. The van der Waals surface area contributed by atoms with Gasteiger partial charge in [-0.05, 0) is 132 Å². The molecule has 0 unspecified atom stereocenters. The highest BCUT2D eigenvalue weighted by atomic mass is 19.4. The minimum absolute atomic E-state index is 0.111. The molecule has 0 bridgehead atoms. The first-order valence-corrected chi connectivity index (χ1v) is 16.8. The molecule has 0 spiro atoms. The van der Waals surface area contributed by atoms with Crippen molar-refractivity contribution in [3.05, 3.63) is 69.8 Å². The van der Waals surface area contributed by atoms with Crippen LogP contribution in [0.4, 0.5) is 26.3 Å². The predicted octanol–water partition coefficient (Wildman–Crippen LogP) is 8.17. The highest BCUT2D eigenvalue weighted by molar-refractivity contribution is 5.79. The summed E-state index contributed by atoms with van der Waals surface area (Å²) in [5, 5.41) is 0. The minimum Gasteiger partial charge on any atom is -0.342 e. The molecule has 1 atom stereocenters. The Labute approximate surface area is 269 Å². The molecule has 4 nitrogen and oxygen atoms in total. The van der Waals surface area contributed by atoms with E-state index in [2.05, 4.69) is 41.8 Å². The number of halogens is 6. The number of piperidine rings is 2. The van der Waals surface area contributed by atoms with Gasteiger partial charge in [-0.3, -0.25) is 4.79 Å². The molecule has 3 aliphatic heterocycles. The molecule has 5 rings (SSSR count). The molecular formula is C36H47F6N3O. The summed E-state index contributed by atoms with van der Waals surface area (Å²) in [7, 11) is 0. The van der Waals surface area contributed by atoms with Gasteiger partial charge in [0.1, 0.15) is 0 Å². The van der Waals surface area contributed by atoms with Crippen molar-refractivity contribution in [1.82, 2.24) is 14.7 Å². The van der Waals surface area contributed by atoms with Crippen LogP contribution < -0.4 is 0 Å². The highest BCUT2D eigenvalue weighted by Crippen LogP contribution is 2.40. The Bertz CT molecular complexity index is 1310. The first kappa shape index (κ1) is 34.7. The van der Waals surface area contributed by atoms with E-state index < -0.39 is 35.8 Å². The Morgan fingerprint density at radius 1 is 0.783 bits per heavy atom. The normalized spacial score (nSPS) is 23.0. The molecule has 3 saturated heterocycles. The zero-order valence-corrected chi connectivity index (χ0v) is 27.1. The lowest BCUT2D eigenvalue weighted by molar-refractivity contribution is -0.143. The minimum atomic E-state index is -4.96. The van der Waals surface area contributed by atoms with Crippen molar-refractivity contribution in [3.8, 4) is 0 Å². The summed E-state index contributed by atoms with van der Waals surface area (Å²) >= 11 is 0. The van der Waals surface area contributed by atoms with Crippen molar-refractivity contribution < 1.29 is 31.1 Å². The standard InChI is InChI=1S/C36H47F6N3O/c1-26-8-9-29(20-27(26)2)34(13-19-43-17-10-32(11-18-43)44-14-5-3-6-15-44)12-4-7-16-45(25-34)33(46)23-28-21-30(35(37,38)39)24-31(22-28)36(40,41)42/h8-9,20-22,24,32H,3-7,10-19,23,25H2,1-2H3/t34-/m1/s1. The second-order valence-corrected chi connectivity index (χ2v) is 13.9. The average Bonchev–Trinajstić information content (AvgIpc) is 3.25. The second kappa shape index (κ2) is 14.3. The summed E-state index contributed by atoms with van der Waals surface area (Å²) in [6.45, 7) is 10.3. The fraction of sp³-hybridized carbons (Fsp3) is 0.639. The molecule has 10 heteroatoms. The van der Waals surface area contributed by atoms with E-state index in [-0.39, 0.29) is 17.0 Å². The van der Waals surface area contributed by atoms with Crippen LogP contribution in [0.25, 0.3) is 0 Å². The fourth-order valence-corrected chi connectivity index (χ4v) is 7.73. The third-order valence-corrected chi connectivity index (χ3v) is 10.7. The summed E-state index contributed by atoms with van der Waals surface area (Å²) in [5.74, 6) is -0.440. The number of carbonyl (C=O) groups excluding carboxylic acids is 1. The fourth-order valence-electron chi connectivity index (χ4n) is 7.73. The number of amides is 1. The number of nitrogens with zero attached hydrogens (tertiary/aromatic N) is 3. The second-order valence-electron chi connectivity index (χ2n) is 13.9. The van der Waals surface area contributed by atoms with Crippen LogP contribution >= 0.6 is 0 Å². The van der Waals surface area contributed by atoms with E-state index in [0.717, 1.165) is 69.3 Å². The summed E-state index contributed by atoms with van der Waals surface area (Å²) in [6, 6.07) is 8.55. The Kier molecular flexibility index (Phi) is 10.8. The van der Waals surface area contributed by atoms with E-state index in [4.69, 9.17) is 0 Å². The van der Waals surface area contributed by atoms with Gasteiger partial charge < -0.3 is 14.7 Å². The maximum Gasteiger partial charge on any atom is 0.416 e. The third kappa shape index (κ3) is 8.46. The van der Waals surface area contributed by atoms with Crippen molar-refractivity contribution in [3.63, 3.8) is 0 Å². The van der Waals surface area contributed by atoms with Gasteiger partial charge in [0.25, 0.3) is 0 Å². The predicted molar refractivity (Wildman–Crippen MR) is 168 cm³/mol. The molecule has 0 aromatic heterocycles. The van der Waals surface area contributed by atoms with Gasteiger partial charge in [-0.1, -0.05) is 31.0 Å². The SMILES string of the molecule is Cc1ccc([C@@]2(CCN3CCC(N4CCCCC4)CC3)CCCCN(C(=O)Cc3cc(C(F)(F)F)cc(C(F)(F)F)c3)C2)cc1C. The zero-order chi connectivity index (χ0) is 33.1. The molecule has 1 amide bonds. The topological polar surface area (TPSA) is 26.8 Å². The van der Waals surface area contributed by atoms with E-state index in [1.54, 1.807) is 4.90 Å². The highest BCUT2D eigenvalue weighted by Gasteiger charge is 2.40. The van der Waals surface area contributed by atoms with E-state index in [1.165, 1.54) is 37.9 Å². The van der Waals surface area contributed by atoms with Gasteiger partial charge in [0.15, 0.2) is 0 Å². The van der Waals surface area contributed by atoms with E-state index in [1.807, 2.05) is 0 Å². The maximum atomic E-state index is 13.7. The number of alkyl halides is 6. The van der Waals surface area contributed by atoms with Crippen LogP contribution in [0.2, 0.25) is 0 Å². The lowest BCUT2D eigenvalue weighted by atomic mass is 9.73. The first-order chi connectivity index (χ1) is 21.7. The Balaban J connectivity index is 1.35. The zero-order valence-electron chi connectivity index (χ0n) is 27.1. The molecule has 3 heterocycles. The molecule has 2 aromatic rings. The van der Waals surface area contributed by atoms with Crippen LogP contribution in [0.3, 0.4) is 0 Å². The monoisotopic (exact) mass is 651 g/mol. The quantitative estimate of drug-likeness (QED) is 0.283. The molecule has 46 heavy (non-hydrogen) atoms. The molecule has 0 N–H and O–H groups in total. The van der Waals surface area contributed by atoms with Crippen LogP contribution in [0.1, 0.15) is 91.2 Å². The third-order valence-electron chi connectivity index (χ3n) is 10.7. The molecule has 3 aliphatic rings. The first-order valence-electron chi connectivity index (χ1n) is 16.8. The van der Waals surface area contributed by atoms with Crippen LogP contribution in [-0.4, -0.2) is 72.5 Å². The van der Waals surface area contributed by atoms with Gasteiger partial charge >= 0.3 is 12.4 Å². The molecule has 0 radical (unpaired) electrons. The molecule has 2 aromatic carbocycles. The summed E-state index contributed by atoms with van der Waals surface area (Å²) < 4.78 is 81.1. The van der Waals surface area contributed by atoms with Crippen molar-refractivity contribution in [1.29, 1.82) is 0 Å². The summed E-state index contributed by atoms with van der Waals surface area (Å²) in [5.41, 5.74) is 0.0558. The van der Waals surface area contributed by atoms with Crippen molar-refractivity contribution in [2.75, 3.05) is 45.8 Å². The van der Waals surface area contributed by atoms with Crippen molar-refractivity contribution in [2.45, 2.75) is 102 Å². The van der Waals surface area contributed by atoms with E-state index in [0.29, 0.717) is 31.3 Å². The Morgan fingerprint density at radius 3 is 2.02 bits per heavy atom. The molecule has 0 saturated carbocycles. The van der Waals surface area contributed by atoms with Gasteiger partial charge in [-0.15, -0.1) is 0 Å². The van der Waals surface area contributed by atoms with E-state index >= 15 is 0 Å². The molecule has 3 fully saturated rings. The smallest absolute Gasteiger partial charge is 0.342 e. The number of benzene rings is 2.